The van der Waals surface area contributed by atoms with Gasteiger partial charge in [0, 0.05) is 11.1 Å². The third kappa shape index (κ3) is 3.01. The van der Waals surface area contributed by atoms with E-state index in [-0.39, 0.29) is 11.1 Å². The maximum Gasteiger partial charge on any atom is 0.268 e. The maximum atomic E-state index is 12.4. The summed E-state index contributed by atoms with van der Waals surface area (Å²) in [6.45, 7) is 0. The fourth-order valence-electron chi connectivity index (χ4n) is 2.18. The van der Waals surface area contributed by atoms with Crippen LogP contribution >= 0.6 is 0 Å². The van der Waals surface area contributed by atoms with E-state index in [1.54, 1.807) is 49.6 Å². The van der Waals surface area contributed by atoms with Crippen LogP contribution in [0.4, 0.5) is 5.69 Å². The Hall–Kier alpha value is -3.28. The molecule has 2 aromatic carbocycles. The van der Waals surface area contributed by atoms with E-state index >= 15 is 0 Å². The Morgan fingerprint density at radius 3 is 2.61 bits per heavy atom. The molecule has 0 aliphatic rings. The molecule has 6 nitrogen and oxygen atoms in total. The SMILES string of the molecule is COc1ccc(NC(=O)c2cc3ccccc3o/c2=N\O)cc1. The molecular weight excluding hydrogens is 296 g/mol. The number of benzene rings is 2. The van der Waals surface area contributed by atoms with E-state index in [4.69, 9.17) is 14.4 Å². The van der Waals surface area contributed by atoms with Crippen LogP contribution in [0.2, 0.25) is 0 Å². The Balaban J connectivity index is 1.96. The second-order valence-corrected chi connectivity index (χ2v) is 4.79. The van der Waals surface area contributed by atoms with E-state index in [1.807, 2.05) is 12.1 Å². The lowest BCUT2D eigenvalue weighted by atomic mass is 10.1. The van der Waals surface area contributed by atoms with Gasteiger partial charge in [-0.25, -0.2) is 0 Å². The molecular formula is C17H14N2O4. The fourth-order valence-corrected chi connectivity index (χ4v) is 2.18. The van der Waals surface area contributed by atoms with Crippen molar-refractivity contribution >= 4 is 22.6 Å². The van der Waals surface area contributed by atoms with E-state index in [0.717, 1.165) is 5.39 Å². The summed E-state index contributed by atoms with van der Waals surface area (Å²) in [6, 6.07) is 15.7. The standard InChI is InChI=1S/C17H14N2O4/c1-22-13-8-6-12(7-9-13)18-16(20)14-10-11-4-2-3-5-15(11)23-17(14)19-21/h2-10,21H,1H3,(H,18,20)/b19-17-. The summed E-state index contributed by atoms with van der Waals surface area (Å²) in [6.07, 6.45) is 0. The number of para-hydroxylation sites is 1. The van der Waals surface area contributed by atoms with Gasteiger partial charge in [0.25, 0.3) is 11.5 Å². The molecule has 0 saturated carbocycles. The number of carbonyl (C=O) groups excluding carboxylic acids is 1. The van der Waals surface area contributed by atoms with Crippen molar-refractivity contribution in [1.82, 2.24) is 0 Å². The van der Waals surface area contributed by atoms with E-state index in [9.17, 15) is 4.79 Å². The van der Waals surface area contributed by atoms with Gasteiger partial charge in [0.05, 0.1) is 7.11 Å². The van der Waals surface area contributed by atoms with Gasteiger partial charge in [-0.2, -0.15) is 0 Å². The fraction of sp³-hybridized carbons (Fsp3) is 0.0588. The minimum Gasteiger partial charge on any atom is -0.497 e. The third-order valence-electron chi connectivity index (χ3n) is 3.34. The molecule has 3 aromatic rings. The van der Waals surface area contributed by atoms with Crippen LogP contribution in [0, 0.1) is 0 Å². The van der Waals surface area contributed by atoms with E-state index in [1.165, 1.54) is 0 Å². The van der Waals surface area contributed by atoms with Crippen LogP contribution in [-0.2, 0) is 0 Å². The lowest BCUT2D eigenvalue weighted by Crippen LogP contribution is -2.21. The summed E-state index contributed by atoms with van der Waals surface area (Å²) in [5.41, 5.74) is 1.12. The van der Waals surface area contributed by atoms with Crippen molar-refractivity contribution in [2.75, 3.05) is 12.4 Å². The van der Waals surface area contributed by atoms with Crippen molar-refractivity contribution in [1.29, 1.82) is 0 Å². The summed E-state index contributed by atoms with van der Waals surface area (Å²) in [7, 11) is 1.57. The average Bonchev–Trinajstić information content (AvgIpc) is 2.61. The quantitative estimate of drug-likeness (QED) is 0.575. The van der Waals surface area contributed by atoms with Gasteiger partial charge in [0.15, 0.2) is 0 Å². The molecule has 116 valence electrons. The maximum absolute atomic E-state index is 12.4. The molecule has 23 heavy (non-hydrogen) atoms. The van der Waals surface area contributed by atoms with Crippen molar-refractivity contribution in [3.8, 4) is 5.75 Å². The molecule has 1 aromatic heterocycles. The van der Waals surface area contributed by atoms with Crippen molar-refractivity contribution in [3.63, 3.8) is 0 Å². The third-order valence-corrected chi connectivity index (χ3v) is 3.34. The Labute approximate surface area is 131 Å². The largest absolute Gasteiger partial charge is 0.497 e. The number of nitrogens with one attached hydrogen (secondary N) is 1. The van der Waals surface area contributed by atoms with Gasteiger partial charge in [-0.15, -0.1) is 0 Å². The molecule has 0 radical (unpaired) electrons. The van der Waals surface area contributed by atoms with Crippen LogP contribution in [0.25, 0.3) is 11.0 Å². The number of carbonyl (C=O) groups is 1. The van der Waals surface area contributed by atoms with Crippen molar-refractivity contribution < 1.29 is 19.2 Å². The van der Waals surface area contributed by atoms with Crippen LogP contribution in [0.5, 0.6) is 5.75 Å². The molecule has 0 bridgehead atoms. The second-order valence-electron chi connectivity index (χ2n) is 4.79. The van der Waals surface area contributed by atoms with Crippen LogP contribution in [0.15, 0.2) is 64.2 Å². The number of methoxy groups -OCH3 is 1. The number of hydrogen-bond acceptors (Lipinski definition) is 5. The normalized spacial score (nSPS) is 11.4. The van der Waals surface area contributed by atoms with E-state index in [2.05, 4.69) is 10.5 Å². The lowest BCUT2D eigenvalue weighted by molar-refractivity contribution is 0.102. The molecule has 1 amide bonds. The molecule has 3 rings (SSSR count). The Morgan fingerprint density at radius 2 is 1.91 bits per heavy atom. The van der Waals surface area contributed by atoms with E-state index in [0.29, 0.717) is 17.0 Å². The van der Waals surface area contributed by atoms with E-state index < -0.39 is 5.91 Å². The summed E-state index contributed by atoms with van der Waals surface area (Å²) < 4.78 is 10.5. The summed E-state index contributed by atoms with van der Waals surface area (Å²) in [5.74, 6) is 0.257. The molecule has 0 fully saturated rings. The second kappa shape index (κ2) is 6.23. The number of fused-ring (bicyclic) bond motifs is 1. The Kier molecular flexibility index (Phi) is 3.97. The highest BCUT2D eigenvalue weighted by molar-refractivity contribution is 6.05. The zero-order valence-electron chi connectivity index (χ0n) is 12.3. The predicted octanol–water partition coefficient (Wildman–Crippen LogP) is 2.98. The van der Waals surface area contributed by atoms with Crippen LogP contribution in [0.3, 0.4) is 0 Å². The van der Waals surface area contributed by atoms with Gasteiger partial charge < -0.3 is 19.7 Å². The molecule has 0 spiro atoms. The number of amides is 1. The molecule has 0 saturated heterocycles. The molecule has 0 aliphatic carbocycles. The van der Waals surface area contributed by atoms with Crippen molar-refractivity contribution in [2.24, 2.45) is 5.16 Å². The highest BCUT2D eigenvalue weighted by Crippen LogP contribution is 2.17. The zero-order chi connectivity index (χ0) is 16.2. The van der Waals surface area contributed by atoms with Gasteiger partial charge in [-0.1, -0.05) is 18.2 Å². The molecule has 0 aliphatic heterocycles. The molecule has 0 atom stereocenters. The van der Waals surface area contributed by atoms with Crippen molar-refractivity contribution in [3.05, 3.63) is 65.7 Å². The number of hydrogen-bond donors (Lipinski definition) is 2. The monoisotopic (exact) mass is 310 g/mol. The summed E-state index contributed by atoms with van der Waals surface area (Å²) in [4.78, 5) is 12.4. The first-order valence-electron chi connectivity index (χ1n) is 6.87. The van der Waals surface area contributed by atoms with Crippen LogP contribution < -0.4 is 15.6 Å². The van der Waals surface area contributed by atoms with Gasteiger partial charge in [0.2, 0.25) is 0 Å². The first-order chi connectivity index (χ1) is 11.2. The lowest BCUT2D eigenvalue weighted by Gasteiger charge is -2.07. The topological polar surface area (TPSA) is 84.1 Å². The Bertz CT molecular complexity index is 914. The number of nitrogens with zero attached hydrogens (tertiary/aromatic N) is 1. The van der Waals surface area contributed by atoms with Crippen LogP contribution in [-0.4, -0.2) is 18.2 Å². The highest BCUT2D eigenvalue weighted by atomic mass is 16.5. The summed E-state index contributed by atoms with van der Waals surface area (Å²) >= 11 is 0. The molecule has 2 N–H and O–H groups in total. The van der Waals surface area contributed by atoms with Gasteiger partial charge in [-0.3, -0.25) is 4.79 Å². The first-order valence-corrected chi connectivity index (χ1v) is 6.87. The zero-order valence-corrected chi connectivity index (χ0v) is 12.3. The molecule has 0 unspecified atom stereocenters. The van der Waals surface area contributed by atoms with Crippen LogP contribution in [0.1, 0.15) is 10.4 Å². The minimum atomic E-state index is -0.433. The molecule has 1 heterocycles. The summed E-state index contributed by atoms with van der Waals surface area (Å²) in [5, 5.41) is 15.6. The molecule has 6 heteroatoms. The Morgan fingerprint density at radius 1 is 1.17 bits per heavy atom. The van der Waals surface area contributed by atoms with Gasteiger partial charge >= 0.3 is 0 Å². The average molecular weight is 310 g/mol. The van der Waals surface area contributed by atoms with Gasteiger partial charge in [0.1, 0.15) is 16.9 Å². The number of rotatable bonds is 3. The first kappa shape index (κ1) is 14.6. The minimum absolute atomic E-state index is 0.141. The number of ether oxygens (including phenoxy) is 1. The smallest absolute Gasteiger partial charge is 0.268 e. The van der Waals surface area contributed by atoms with Gasteiger partial charge in [-0.05, 0) is 41.6 Å². The highest BCUT2D eigenvalue weighted by Gasteiger charge is 2.13. The number of anilines is 1. The predicted molar refractivity (Wildman–Crippen MR) is 84.5 cm³/mol. The van der Waals surface area contributed by atoms with Crippen molar-refractivity contribution in [2.45, 2.75) is 0 Å².